The second-order valence-corrected chi connectivity index (χ2v) is 4.44. The number of amides is 1. The number of aliphatic hydroxyl groups is 1. The Hall–Kier alpha value is -1.56. The van der Waals surface area contributed by atoms with Crippen molar-refractivity contribution in [2.24, 2.45) is 0 Å². The number of hydrogen-bond donors (Lipinski definition) is 2. The Balaban J connectivity index is 2.80. The van der Waals surface area contributed by atoms with Crippen LogP contribution in [0.15, 0.2) is 24.3 Å². The van der Waals surface area contributed by atoms with Gasteiger partial charge in [-0.1, -0.05) is 18.2 Å². The maximum Gasteiger partial charge on any atom is 0.416 e. The predicted molar refractivity (Wildman–Crippen MR) is 64.4 cm³/mol. The summed E-state index contributed by atoms with van der Waals surface area (Å²) in [4.78, 5) is 11.2. The lowest BCUT2D eigenvalue weighted by atomic mass is 10.0. The molecule has 19 heavy (non-hydrogen) atoms. The van der Waals surface area contributed by atoms with Crippen LogP contribution in [0, 0.1) is 0 Å². The molecule has 0 aliphatic carbocycles. The van der Waals surface area contributed by atoms with Crippen molar-refractivity contribution in [1.82, 2.24) is 5.32 Å². The van der Waals surface area contributed by atoms with Gasteiger partial charge in [-0.3, -0.25) is 4.79 Å². The fourth-order valence-electron chi connectivity index (χ4n) is 1.72. The van der Waals surface area contributed by atoms with Gasteiger partial charge in [-0.25, -0.2) is 0 Å². The Labute approximate surface area is 109 Å². The summed E-state index contributed by atoms with van der Waals surface area (Å²) in [5.41, 5.74) is -0.582. The topological polar surface area (TPSA) is 49.3 Å². The lowest BCUT2D eigenvalue weighted by Crippen LogP contribution is -2.40. The standard InChI is InChI=1S/C13H16F3NO2/c1-8(17-12(19)9(2)18)7-10-5-3-4-6-11(10)13(14,15)16/h3-6,8-9,18H,7H2,1-2H3,(H,17,19)/t8-,9-/m1/s1. The molecular formula is C13H16F3NO2. The molecule has 0 fully saturated rings. The maximum absolute atomic E-state index is 12.8. The number of rotatable bonds is 4. The summed E-state index contributed by atoms with van der Waals surface area (Å²) >= 11 is 0. The van der Waals surface area contributed by atoms with Crippen LogP contribution >= 0.6 is 0 Å². The average molecular weight is 275 g/mol. The van der Waals surface area contributed by atoms with Gasteiger partial charge in [-0.15, -0.1) is 0 Å². The molecule has 2 N–H and O–H groups in total. The zero-order chi connectivity index (χ0) is 14.6. The van der Waals surface area contributed by atoms with Crippen molar-refractivity contribution in [1.29, 1.82) is 0 Å². The third-order valence-electron chi connectivity index (χ3n) is 2.62. The summed E-state index contributed by atoms with van der Waals surface area (Å²) in [6.45, 7) is 2.89. The molecule has 1 aromatic rings. The molecule has 3 nitrogen and oxygen atoms in total. The van der Waals surface area contributed by atoms with Crippen molar-refractivity contribution in [3.63, 3.8) is 0 Å². The highest BCUT2D eigenvalue weighted by Crippen LogP contribution is 2.32. The summed E-state index contributed by atoms with van der Waals surface area (Å²) in [7, 11) is 0. The second-order valence-electron chi connectivity index (χ2n) is 4.44. The largest absolute Gasteiger partial charge is 0.416 e. The van der Waals surface area contributed by atoms with E-state index in [4.69, 9.17) is 5.11 Å². The molecule has 1 aromatic carbocycles. The molecule has 0 aliphatic heterocycles. The van der Waals surface area contributed by atoms with Crippen LogP contribution in [0.5, 0.6) is 0 Å². The summed E-state index contributed by atoms with van der Waals surface area (Å²) in [5.74, 6) is -0.600. The molecule has 106 valence electrons. The van der Waals surface area contributed by atoms with Crippen molar-refractivity contribution in [2.75, 3.05) is 0 Å². The van der Waals surface area contributed by atoms with E-state index in [2.05, 4.69) is 5.32 Å². The van der Waals surface area contributed by atoms with Gasteiger partial charge in [0.2, 0.25) is 5.91 Å². The lowest BCUT2D eigenvalue weighted by molar-refractivity contribution is -0.138. The lowest BCUT2D eigenvalue weighted by Gasteiger charge is -2.18. The van der Waals surface area contributed by atoms with E-state index >= 15 is 0 Å². The highest BCUT2D eigenvalue weighted by molar-refractivity contribution is 5.80. The maximum atomic E-state index is 12.8. The first kappa shape index (κ1) is 15.5. The fourth-order valence-corrected chi connectivity index (χ4v) is 1.72. The molecule has 2 atom stereocenters. The quantitative estimate of drug-likeness (QED) is 0.884. The molecule has 6 heteroatoms. The minimum absolute atomic E-state index is 0.0497. The Morgan fingerprint density at radius 2 is 1.89 bits per heavy atom. The molecule has 0 radical (unpaired) electrons. The van der Waals surface area contributed by atoms with Crippen LogP contribution in [0.1, 0.15) is 25.0 Å². The molecule has 0 heterocycles. The van der Waals surface area contributed by atoms with Crippen LogP contribution in [0.3, 0.4) is 0 Å². The second kappa shape index (κ2) is 6.06. The first-order valence-electron chi connectivity index (χ1n) is 5.85. The van der Waals surface area contributed by atoms with Crippen LogP contribution in [-0.2, 0) is 17.4 Å². The molecule has 0 bridgehead atoms. The summed E-state index contributed by atoms with van der Waals surface area (Å²) in [6.07, 6.45) is -5.54. The van der Waals surface area contributed by atoms with Gasteiger partial charge >= 0.3 is 6.18 Å². The molecule has 0 saturated heterocycles. The Morgan fingerprint density at radius 1 is 1.32 bits per heavy atom. The van der Waals surface area contributed by atoms with Gasteiger partial charge in [-0.05, 0) is 31.9 Å². The number of aliphatic hydroxyl groups excluding tert-OH is 1. The van der Waals surface area contributed by atoms with Gasteiger partial charge in [0.25, 0.3) is 0 Å². The number of halogens is 3. The highest BCUT2D eigenvalue weighted by Gasteiger charge is 2.33. The first-order valence-corrected chi connectivity index (χ1v) is 5.85. The monoisotopic (exact) mass is 275 g/mol. The minimum atomic E-state index is -4.41. The van der Waals surface area contributed by atoms with Crippen molar-refractivity contribution in [2.45, 2.75) is 38.6 Å². The van der Waals surface area contributed by atoms with E-state index in [9.17, 15) is 18.0 Å². The number of nitrogens with one attached hydrogen (secondary N) is 1. The predicted octanol–water partition coefficient (Wildman–Crippen LogP) is 2.13. The van der Waals surface area contributed by atoms with E-state index in [1.807, 2.05) is 0 Å². The molecule has 0 aliphatic rings. The molecule has 1 rings (SSSR count). The Kier molecular flexibility index (Phi) is 4.94. The summed E-state index contributed by atoms with van der Waals surface area (Å²) in [5, 5.41) is 11.5. The van der Waals surface area contributed by atoms with Gasteiger partial charge in [0.1, 0.15) is 6.10 Å². The molecule has 1 amide bonds. The zero-order valence-corrected chi connectivity index (χ0v) is 10.7. The van der Waals surface area contributed by atoms with E-state index in [1.54, 1.807) is 6.92 Å². The van der Waals surface area contributed by atoms with Crippen molar-refractivity contribution in [3.8, 4) is 0 Å². The molecule has 0 saturated carbocycles. The van der Waals surface area contributed by atoms with Gasteiger partial charge in [0.15, 0.2) is 0 Å². The summed E-state index contributed by atoms with van der Waals surface area (Å²) in [6, 6.07) is 4.75. The van der Waals surface area contributed by atoms with Gasteiger partial charge in [0, 0.05) is 6.04 Å². The molecule has 0 spiro atoms. The number of alkyl halides is 3. The minimum Gasteiger partial charge on any atom is -0.384 e. The van der Waals surface area contributed by atoms with Crippen molar-refractivity contribution >= 4 is 5.91 Å². The van der Waals surface area contributed by atoms with E-state index in [0.29, 0.717) is 0 Å². The Bertz CT molecular complexity index is 444. The summed E-state index contributed by atoms with van der Waals surface area (Å²) < 4.78 is 38.3. The van der Waals surface area contributed by atoms with Crippen LogP contribution in [-0.4, -0.2) is 23.2 Å². The van der Waals surface area contributed by atoms with E-state index in [0.717, 1.165) is 6.07 Å². The fraction of sp³-hybridized carbons (Fsp3) is 0.462. The number of hydrogen-bond acceptors (Lipinski definition) is 2. The van der Waals surface area contributed by atoms with Crippen LogP contribution in [0.4, 0.5) is 13.2 Å². The van der Waals surface area contributed by atoms with Crippen LogP contribution in [0.2, 0.25) is 0 Å². The first-order chi connectivity index (χ1) is 8.71. The van der Waals surface area contributed by atoms with Gasteiger partial charge < -0.3 is 10.4 Å². The third kappa shape index (κ3) is 4.55. The van der Waals surface area contributed by atoms with E-state index < -0.39 is 29.8 Å². The molecule has 0 aromatic heterocycles. The number of benzene rings is 1. The van der Waals surface area contributed by atoms with Crippen molar-refractivity contribution in [3.05, 3.63) is 35.4 Å². The van der Waals surface area contributed by atoms with E-state index in [1.165, 1.54) is 25.1 Å². The SMILES string of the molecule is C[C@H](Cc1ccccc1C(F)(F)F)NC(=O)[C@@H](C)O. The molecular weight excluding hydrogens is 259 g/mol. The number of carbonyl (C=O) groups is 1. The average Bonchev–Trinajstić information content (AvgIpc) is 2.27. The van der Waals surface area contributed by atoms with Gasteiger partial charge in [-0.2, -0.15) is 13.2 Å². The van der Waals surface area contributed by atoms with Crippen LogP contribution < -0.4 is 5.32 Å². The highest BCUT2D eigenvalue weighted by atomic mass is 19.4. The number of carbonyl (C=O) groups excluding carboxylic acids is 1. The smallest absolute Gasteiger partial charge is 0.384 e. The van der Waals surface area contributed by atoms with Crippen LogP contribution in [0.25, 0.3) is 0 Å². The third-order valence-corrected chi connectivity index (χ3v) is 2.62. The zero-order valence-electron chi connectivity index (χ0n) is 10.7. The molecule has 0 unspecified atom stereocenters. The Morgan fingerprint density at radius 3 is 2.42 bits per heavy atom. The normalized spacial score (nSPS) is 14.8. The van der Waals surface area contributed by atoms with Gasteiger partial charge in [0.05, 0.1) is 5.56 Å². The van der Waals surface area contributed by atoms with E-state index in [-0.39, 0.29) is 12.0 Å². The van der Waals surface area contributed by atoms with Crippen molar-refractivity contribution < 1.29 is 23.1 Å².